The first-order valence-corrected chi connectivity index (χ1v) is 10.4. The number of ether oxygens (including phenoxy) is 1. The van der Waals surface area contributed by atoms with E-state index in [9.17, 15) is 14.9 Å². The first-order valence-electron chi connectivity index (χ1n) is 8.39. The highest BCUT2D eigenvalue weighted by Crippen LogP contribution is 2.38. The third-order valence-electron chi connectivity index (χ3n) is 4.48. The molecule has 0 atom stereocenters. The van der Waals surface area contributed by atoms with E-state index >= 15 is 0 Å². The molecule has 1 aliphatic rings. The molecule has 0 bridgehead atoms. The first kappa shape index (κ1) is 18.9. The van der Waals surface area contributed by atoms with Crippen molar-refractivity contribution in [3.8, 4) is 5.75 Å². The maximum absolute atomic E-state index is 12.6. The Morgan fingerprint density at radius 2 is 1.96 bits per heavy atom. The van der Waals surface area contributed by atoms with Crippen LogP contribution >= 0.6 is 34.3 Å². The van der Waals surface area contributed by atoms with Gasteiger partial charge in [-0.2, -0.15) is 0 Å². The second-order valence-corrected chi connectivity index (χ2v) is 8.58. The van der Waals surface area contributed by atoms with Gasteiger partial charge in [0.05, 0.1) is 26.6 Å². The van der Waals surface area contributed by atoms with Gasteiger partial charge in [-0.1, -0.05) is 34.3 Å². The number of nitro groups is 1. The normalized spacial score (nSPS) is 14.5. The Balaban J connectivity index is 1.47. The molecule has 0 unspecified atom stereocenters. The van der Waals surface area contributed by atoms with Crippen LogP contribution in [0, 0.1) is 10.1 Å². The van der Waals surface area contributed by atoms with Gasteiger partial charge in [0.15, 0.2) is 10.9 Å². The van der Waals surface area contributed by atoms with Gasteiger partial charge < -0.3 is 14.5 Å². The molecule has 0 aliphatic carbocycles. The highest BCUT2D eigenvalue weighted by atomic mass is 35.5. The minimum atomic E-state index is -0.479. The number of thiazole rings is 1. The monoisotopic (exact) mass is 438 g/mol. The number of carbonyl (C=O) groups excluding carboxylic acids is 1. The maximum atomic E-state index is 12.6. The van der Waals surface area contributed by atoms with Crippen LogP contribution in [0.4, 0.5) is 10.1 Å². The number of halogens is 1. The summed E-state index contributed by atoms with van der Waals surface area (Å²) < 4.78 is 6.36. The molecule has 0 N–H and O–H groups in total. The van der Waals surface area contributed by atoms with E-state index in [-0.39, 0.29) is 10.9 Å². The fourth-order valence-corrected chi connectivity index (χ4v) is 5.09. The van der Waals surface area contributed by atoms with Crippen LogP contribution in [0.5, 0.6) is 5.75 Å². The third-order valence-corrected chi connectivity index (χ3v) is 6.88. The second kappa shape index (κ2) is 7.53. The van der Waals surface area contributed by atoms with Crippen LogP contribution in [0.3, 0.4) is 0 Å². The zero-order valence-corrected chi connectivity index (χ0v) is 17.1. The summed E-state index contributed by atoms with van der Waals surface area (Å²) >= 11 is 8.63. The minimum absolute atomic E-state index is 0.0240. The number of hydrogen-bond donors (Lipinski definition) is 0. The van der Waals surface area contributed by atoms with Gasteiger partial charge in [0, 0.05) is 32.2 Å². The molecule has 3 aromatic rings. The van der Waals surface area contributed by atoms with E-state index in [1.165, 1.54) is 12.1 Å². The Labute approximate surface area is 173 Å². The van der Waals surface area contributed by atoms with Crippen LogP contribution in [0.1, 0.15) is 9.67 Å². The summed E-state index contributed by atoms with van der Waals surface area (Å²) in [6.07, 6.45) is 0. The number of carbonyl (C=O) groups is 1. The first-order chi connectivity index (χ1) is 13.5. The number of benzene rings is 1. The highest BCUT2D eigenvalue weighted by Gasteiger charge is 2.26. The lowest BCUT2D eigenvalue weighted by molar-refractivity contribution is -0.380. The van der Waals surface area contributed by atoms with E-state index in [2.05, 4.69) is 9.88 Å². The number of nitrogens with zero attached hydrogens (tertiary/aromatic N) is 4. The standard InChI is InChI=1S/C17H15ClN4O4S2/c1-26-15-10(18)2-3-11-14(15)19-17(28-11)21-8-6-20(7-9-21)16(23)12-4-5-13(27-12)22(24)25/h2-5H,6-9H2,1H3. The molecule has 1 saturated heterocycles. The van der Waals surface area contributed by atoms with Crippen LogP contribution in [0.15, 0.2) is 24.3 Å². The molecule has 1 fully saturated rings. The van der Waals surface area contributed by atoms with Crippen molar-refractivity contribution >= 4 is 60.5 Å². The lowest BCUT2D eigenvalue weighted by atomic mass is 10.3. The van der Waals surface area contributed by atoms with Crippen molar-refractivity contribution in [1.29, 1.82) is 0 Å². The Kier molecular flexibility index (Phi) is 5.09. The van der Waals surface area contributed by atoms with Crippen molar-refractivity contribution in [2.75, 3.05) is 38.2 Å². The van der Waals surface area contributed by atoms with E-state index in [4.69, 9.17) is 16.3 Å². The van der Waals surface area contributed by atoms with Crippen molar-refractivity contribution < 1.29 is 14.5 Å². The largest absolute Gasteiger partial charge is 0.493 e. The summed E-state index contributed by atoms with van der Waals surface area (Å²) in [5.74, 6) is 0.394. The number of aromatic nitrogens is 1. The molecule has 0 saturated carbocycles. The van der Waals surface area contributed by atoms with Gasteiger partial charge in [-0.05, 0) is 18.2 Å². The lowest BCUT2D eigenvalue weighted by Gasteiger charge is -2.34. The van der Waals surface area contributed by atoms with Crippen molar-refractivity contribution in [1.82, 2.24) is 9.88 Å². The summed E-state index contributed by atoms with van der Waals surface area (Å²) in [5, 5.41) is 12.2. The number of hydrogen-bond acceptors (Lipinski definition) is 8. The van der Waals surface area contributed by atoms with E-state index in [1.54, 1.807) is 29.4 Å². The minimum Gasteiger partial charge on any atom is -0.493 e. The van der Waals surface area contributed by atoms with E-state index in [0.29, 0.717) is 41.8 Å². The molecular formula is C17H15ClN4O4S2. The molecule has 11 heteroatoms. The third kappa shape index (κ3) is 3.38. The molecular weight excluding hydrogens is 424 g/mol. The van der Waals surface area contributed by atoms with Crippen LogP contribution < -0.4 is 9.64 Å². The summed E-state index contributed by atoms with van der Waals surface area (Å²) in [7, 11) is 1.57. The number of fused-ring (bicyclic) bond motifs is 1. The number of amides is 1. The summed E-state index contributed by atoms with van der Waals surface area (Å²) in [5.41, 5.74) is 0.736. The zero-order valence-electron chi connectivity index (χ0n) is 14.8. The zero-order chi connectivity index (χ0) is 19.8. The fraction of sp³-hybridized carbons (Fsp3) is 0.294. The summed E-state index contributed by atoms with van der Waals surface area (Å²) in [4.78, 5) is 31.8. The lowest BCUT2D eigenvalue weighted by Crippen LogP contribution is -2.48. The molecule has 1 aromatic carbocycles. The Bertz CT molecular complexity index is 1060. The molecule has 28 heavy (non-hydrogen) atoms. The Hall–Kier alpha value is -2.43. The molecule has 8 nitrogen and oxygen atoms in total. The van der Waals surface area contributed by atoms with Crippen molar-refractivity contribution in [3.63, 3.8) is 0 Å². The molecule has 1 aliphatic heterocycles. The Morgan fingerprint density at radius 3 is 2.61 bits per heavy atom. The van der Waals surface area contributed by atoms with E-state index in [1.807, 2.05) is 6.07 Å². The maximum Gasteiger partial charge on any atom is 0.324 e. The number of anilines is 1. The highest BCUT2D eigenvalue weighted by molar-refractivity contribution is 7.22. The quantitative estimate of drug-likeness (QED) is 0.453. The van der Waals surface area contributed by atoms with Crippen molar-refractivity contribution in [2.24, 2.45) is 0 Å². The SMILES string of the molecule is COc1c(Cl)ccc2sc(N3CCN(C(=O)c4ccc([N+](=O)[O-])s4)CC3)nc12. The predicted molar refractivity (Wildman–Crippen MR) is 110 cm³/mol. The predicted octanol–water partition coefficient (Wildman–Crippen LogP) is 3.89. The van der Waals surface area contributed by atoms with Gasteiger partial charge in [-0.25, -0.2) is 4.98 Å². The van der Waals surface area contributed by atoms with Gasteiger partial charge in [0.25, 0.3) is 5.91 Å². The van der Waals surface area contributed by atoms with Crippen LogP contribution in [-0.2, 0) is 0 Å². The molecule has 2 aromatic heterocycles. The molecule has 1 amide bonds. The van der Waals surface area contributed by atoms with Crippen LogP contribution in [0.25, 0.3) is 10.2 Å². The van der Waals surface area contributed by atoms with Crippen LogP contribution in [-0.4, -0.2) is 54.0 Å². The molecule has 0 spiro atoms. The van der Waals surface area contributed by atoms with Crippen molar-refractivity contribution in [2.45, 2.75) is 0 Å². The molecule has 0 radical (unpaired) electrons. The number of piperazine rings is 1. The fourth-order valence-electron chi connectivity index (χ4n) is 3.06. The van der Waals surface area contributed by atoms with Gasteiger partial charge >= 0.3 is 5.00 Å². The smallest absolute Gasteiger partial charge is 0.324 e. The number of thiophene rings is 1. The van der Waals surface area contributed by atoms with Gasteiger partial charge in [-0.15, -0.1) is 0 Å². The molecule has 4 rings (SSSR count). The topological polar surface area (TPSA) is 88.8 Å². The summed E-state index contributed by atoms with van der Waals surface area (Å²) in [6.45, 7) is 2.32. The van der Waals surface area contributed by atoms with Gasteiger partial charge in [0.1, 0.15) is 5.52 Å². The average molecular weight is 439 g/mol. The van der Waals surface area contributed by atoms with E-state index < -0.39 is 4.92 Å². The second-order valence-electron chi connectivity index (χ2n) is 6.10. The van der Waals surface area contributed by atoms with Gasteiger partial charge in [0.2, 0.25) is 0 Å². The molecule has 146 valence electrons. The summed E-state index contributed by atoms with van der Waals surface area (Å²) in [6, 6.07) is 6.60. The number of methoxy groups -OCH3 is 1. The van der Waals surface area contributed by atoms with Crippen LogP contribution in [0.2, 0.25) is 5.02 Å². The van der Waals surface area contributed by atoms with E-state index in [0.717, 1.165) is 26.7 Å². The Morgan fingerprint density at radius 1 is 1.21 bits per heavy atom. The molecule has 3 heterocycles. The van der Waals surface area contributed by atoms with Crippen molar-refractivity contribution in [3.05, 3.63) is 44.3 Å². The van der Waals surface area contributed by atoms with Gasteiger partial charge in [-0.3, -0.25) is 14.9 Å². The average Bonchev–Trinajstić information content (AvgIpc) is 3.35. The number of rotatable bonds is 4.